The van der Waals surface area contributed by atoms with Gasteiger partial charge in [0.25, 0.3) is 0 Å². The number of H-pyrrole nitrogens is 1. The lowest BCUT2D eigenvalue weighted by molar-refractivity contribution is -0.168. The van der Waals surface area contributed by atoms with E-state index >= 15 is 0 Å². The van der Waals surface area contributed by atoms with Crippen LogP contribution in [-0.4, -0.2) is 60.2 Å². The second-order valence-corrected chi connectivity index (χ2v) is 8.26. The number of aromatic amines is 1. The Bertz CT molecular complexity index is 1080. The van der Waals surface area contributed by atoms with Crippen molar-refractivity contribution in [1.29, 1.82) is 0 Å². The fourth-order valence-electron chi connectivity index (χ4n) is 3.91. The van der Waals surface area contributed by atoms with Crippen molar-refractivity contribution >= 4 is 16.9 Å². The van der Waals surface area contributed by atoms with Crippen molar-refractivity contribution in [3.05, 3.63) is 54.7 Å². The van der Waals surface area contributed by atoms with Crippen LogP contribution >= 0.6 is 0 Å². The molecule has 8 nitrogen and oxygen atoms in total. The van der Waals surface area contributed by atoms with E-state index in [2.05, 4.69) is 10.3 Å². The first-order chi connectivity index (χ1) is 16.0. The number of benzene rings is 2. The number of esters is 1. The van der Waals surface area contributed by atoms with E-state index in [1.54, 1.807) is 19.1 Å². The van der Waals surface area contributed by atoms with Crippen LogP contribution in [0.25, 0.3) is 10.9 Å². The summed E-state index contributed by atoms with van der Waals surface area (Å²) in [5, 5.41) is 14.7. The van der Waals surface area contributed by atoms with Gasteiger partial charge in [-0.05, 0) is 50.2 Å². The van der Waals surface area contributed by atoms with Crippen LogP contribution in [0.3, 0.4) is 0 Å². The van der Waals surface area contributed by atoms with Gasteiger partial charge < -0.3 is 34.4 Å². The van der Waals surface area contributed by atoms with Crippen molar-refractivity contribution < 1.29 is 28.8 Å². The lowest BCUT2D eigenvalue weighted by Gasteiger charge is -2.37. The highest BCUT2D eigenvalue weighted by Crippen LogP contribution is 2.37. The molecule has 0 bridgehead atoms. The van der Waals surface area contributed by atoms with Gasteiger partial charge in [-0.1, -0.05) is 12.1 Å². The molecule has 2 aromatic carbocycles. The number of para-hydroxylation sites is 2. The first-order valence-electron chi connectivity index (χ1n) is 11.2. The molecule has 3 atom stereocenters. The number of aromatic nitrogens is 1. The Kier molecular flexibility index (Phi) is 7.05. The van der Waals surface area contributed by atoms with Gasteiger partial charge in [-0.3, -0.25) is 0 Å². The monoisotopic (exact) mass is 454 g/mol. The molecular weight excluding hydrogens is 424 g/mol. The maximum absolute atomic E-state index is 12.8. The number of aliphatic hydroxyl groups excluding tert-OH is 1. The van der Waals surface area contributed by atoms with E-state index in [1.807, 2.05) is 49.5 Å². The summed E-state index contributed by atoms with van der Waals surface area (Å²) in [6.45, 7) is 4.43. The molecule has 1 aliphatic rings. The van der Waals surface area contributed by atoms with E-state index in [0.29, 0.717) is 30.2 Å². The molecule has 1 aliphatic heterocycles. The van der Waals surface area contributed by atoms with E-state index in [4.69, 9.17) is 18.9 Å². The normalized spacial score (nSPS) is 19.1. The molecule has 3 N–H and O–H groups in total. The second-order valence-electron chi connectivity index (χ2n) is 8.26. The summed E-state index contributed by atoms with van der Waals surface area (Å²) in [7, 11) is 0. The highest BCUT2D eigenvalue weighted by Gasteiger charge is 2.47. The first-order valence-corrected chi connectivity index (χ1v) is 11.2. The van der Waals surface area contributed by atoms with E-state index in [0.717, 1.165) is 10.9 Å². The first kappa shape index (κ1) is 22.9. The molecule has 4 rings (SSSR count). The maximum Gasteiger partial charge on any atom is 0.354 e. The van der Waals surface area contributed by atoms with Crippen molar-refractivity contribution in [3.63, 3.8) is 0 Å². The molecule has 0 fully saturated rings. The predicted molar refractivity (Wildman–Crippen MR) is 124 cm³/mol. The van der Waals surface area contributed by atoms with Crippen molar-refractivity contribution in [3.8, 4) is 17.2 Å². The second kappa shape index (κ2) is 10.1. The molecule has 0 saturated carbocycles. The van der Waals surface area contributed by atoms with Crippen molar-refractivity contribution in [2.24, 2.45) is 0 Å². The minimum atomic E-state index is -1.26. The quantitative estimate of drug-likeness (QED) is 0.405. The van der Waals surface area contributed by atoms with Gasteiger partial charge in [0.15, 0.2) is 11.5 Å². The van der Waals surface area contributed by atoms with Crippen LogP contribution in [0, 0.1) is 0 Å². The Morgan fingerprint density at radius 3 is 2.88 bits per heavy atom. The number of carbonyl (C=O) groups excluding carboxylic acids is 1. The van der Waals surface area contributed by atoms with Crippen LogP contribution in [0.2, 0.25) is 0 Å². The van der Waals surface area contributed by atoms with E-state index in [1.165, 1.54) is 0 Å². The average Bonchev–Trinajstić information content (AvgIpc) is 3.29. The number of nitrogens with one attached hydrogen (secondary N) is 2. The molecule has 33 heavy (non-hydrogen) atoms. The average molecular weight is 455 g/mol. The molecule has 0 amide bonds. The molecule has 2 heterocycles. The van der Waals surface area contributed by atoms with Gasteiger partial charge in [-0.2, -0.15) is 0 Å². The number of rotatable bonds is 10. The van der Waals surface area contributed by atoms with Gasteiger partial charge in [0.1, 0.15) is 25.1 Å². The van der Waals surface area contributed by atoms with Crippen LogP contribution in [0.15, 0.2) is 54.7 Å². The lowest BCUT2D eigenvalue weighted by atomic mass is 9.94. The standard InChI is InChI=1S/C25H30N2O6/c1-3-30-24(29)25(16-32-22-6-4-5-7-23(22)33-25)13-17(2)27-14-19(28)15-31-20-8-9-21-18(12-20)10-11-26-21/h4-12,17,19,26-28H,3,13-16H2,1-2H3/t17-,19+,25-/m1/s1. The van der Waals surface area contributed by atoms with Gasteiger partial charge in [0.2, 0.25) is 5.60 Å². The van der Waals surface area contributed by atoms with E-state index in [-0.39, 0.29) is 25.9 Å². The van der Waals surface area contributed by atoms with Gasteiger partial charge in [0, 0.05) is 36.1 Å². The molecule has 8 heteroatoms. The zero-order valence-corrected chi connectivity index (χ0v) is 18.9. The SMILES string of the molecule is CCOC(=O)[C@@]1(C[C@@H](C)NC[C@H](O)COc2ccc3[nH]ccc3c2)COc2ccccc2O1. The van der Waals surface area contributed by atoms with Crippen molar-refractivity contribution in [1.82, 2.24) is 10.3 Å². The van der Waals surface area contributed by atoms with Gasteiger partial charge in [0.05, 0.1) is 6.61 Å². The molecule has 176 valence electrons. The largest absolute Gasteiger partial charge is 0.491 e. The number of aliphatic hydroxyl groups is 1. The summed E-state index contributed by atoms with van der Waals surface area (Å²) in [5.41, 5.74) is -0.227. The molecule has 0 saturated heterocycles. The molecule has 3 aromatic rings. The fraction of sp³-hybridized carbons (Fsp3) is 0.400. The van der Waals surface area contributed by atoms with Crippen LogP contribution in [0.5, 0.6) is 17.2 Å². The third-order valence-corrected chi connectivity index (χ3v) is 5.57. The third-order valence-electron chi connectivity index (χ3n) is 5.57. The number of carbonyl (C=O) groups is 1. The molecule has 0 unspecified atom stereocenters. The summed E-state index contributed by atoms with van der Waals surface area (Å²) in [5.74, 6) is 1.35. The molecule has 0 radical (unpaired) electrons. The maximum atomic E-state index is 12.8. The summed E-state index contributed by atoms with van der Waals surface area (Å²) in [6, 6.07) is 14.8. The third kappa shape index (κ3) is 5.40. The summed E-state index contributed by atoms with van der Waals surface area (Å²) in [4.78, 5) is 15.9. The summed E-state index contributed by atoms with van der Waals surface area (Å²) in [6.07, 6.45) is 1.46. The lowest BCUT2D eigenvalue weighted by Crippen LogP contribution is -2.56. The predicted octanol–water partition coefficient (Wildman–Crippen LogP) is 3.05. The Hall–Kier alpha value is -3.23. The van der Waals surface area contributed by atoms with E-state index < -0.39 is 17.7 Å². The zero-order valence-electron chi connectivity index (χ0n) is 18.9. The topological polar surface area (TPSA) is 102 Å². The number of hydrogen-bond donors (Lipinski definition) is 3. The summed E-state index contributed by atoms with van der Waals surface area (Å²) < 4.78 is 23.0. The minimum absolute atomic E-state index is 0.0577. The fourth-order valence-corrected chi connectivity index (χ4v) is 3.91. The highest BCUT2D eigenvalue weighted by atomic mass is 16.6. The smallest absolute Gasteiger partial charge is 0.354 e. The molecule has 0 aliphatic carbocycles. The Morgan fingerprint density at radius 1 is 1.24 bits per heavy atom. The zero-order chi connectivity index (χ0) is 23.3. The number of hydrogen-bond acceptors (Lipinski definition) is 7. The Labute approximate surface area is 192 Å². The van der Waals surface area contributed by atoms with Gasteiger partial charge in [-0.25, -0.2) is 4.79 Å². The highest BCUT2D eigenvalue weighted by molar-refractivity contribution is 5.81. The van der Waals surface area contributed by atoms with Crippen LogP contribution in [0.1, 0.15) is 20.3 Å². The number of fused-ring (bicyclic) bond motifs is 2. The van der Waals surface area contributed by atoms with Crippen molar-refractivity contribution in [2.45, 2.75) is 38.0 Å². The van der Waals surface area contributed by atoms with Crippen LogP contribution < -0.4 is 19.5 Å². The summed E-state index contributed by atoms with van der Waals surface area (Å²) >= 11 is 0. The number of ether oxygens (including phenoxy) is 4. The molecule has 0 spiro atoms. The van der Waals surface area contributed by atoms with Gasteiger partial charge >= 0.3 is 5.97 Å². The Balaban J connectivity index is 1.31. The van der Waals surface area contributed by atoms with Gasteiger partial charge in [-0.15, -0.1) is 0 Å². The minimum Gasteiger partial charge on any atom is -0.491 e. The van der Waals surface area contributed by atoms with Crippen LogP contribution in [-0.2, 0) is 9.53 Å². The Morgan fingerprint density at radius 2 is 2.06 bits per heavy atom. The van der Waals surface area contributed by atoms with Crippen molar-refractivity contribution in [2.75, 3.05) is 26.4 Å². The molecular formula is C25H30N2O6. The molecule has 1 aromatic heterocycles. The van der Waals surface area contributed by atoms with E-state index in [9.17, 15) is 9.90 Å². The van der Waals surface area contributed by atoms with Crippen LogP contribution in [0.4, 0.5) is 0 Å².